The Morgan fingerprint density at radius 1 is 1.31 bits per heavy atom. The average molecular weight is 180 g/mol. The summed E-state index contributed by atoms with van der Waals surface area (Å²) in [6, 6.07) is 7.20. The first-order valence-electron chi connectivity index (χ1n) is 3.92. The van der Waals surface area contributed by atoms with E-state index >= 15 is 0 Å². The van der Waals surface area contributed by atoms with Gasteiger partial charge in [0, 0.05) is 6.54 Å². The van der Waals surface area contributed by atoms with Gasteiger partial charge in [0.25, 0.3) is 5.91 Å². The molecule has 0 aliphatic rings. The normalized spacial score (nSPS) is 9.62. The Balaban J connectivity index is 2.54. The van der Waals surface area contributed by atoms with Crippen molar-refractivity contribution in [3.63, 3.8) is 0 Å². The zero-order valence-electron chi connectivity index (χ0n) is 7.19. The van der Waals surface area contributed by atoms with Crippen molar-refractivity contribution >= 4 is 5.91 Å². The fourth-order valence-electron chi connectivity index (χ4n) is 0.876. The van der Waals surface area contributed by atoms with E-state index in [1.54, 1.807) is 12.1 Å². The molecule has 0 saturated carbocycles. The molecule has 0 atom stereocenters. The summed E-state index contributed by atoms with van der Waals surface area (Å²) in [5, 5.41) is 0. The Hall–Kier alpha value is -1.55. The number of carbonyl (C=O) groups excluding carboxylic acids is 1. The molecule has 4 nitrogen and oxygen atoms in total. The molecule has 0 aliphatic heterocycles. The predicted molar refractivity (Wildman–Crippen MR) is 49.0 cm³/mol. The smallest absolute Gasteiger partial charge is 0.255 e. The third kappa shape index (κ3) is 3.13. The molecule has 0 saturated heterocycles. The number of hydrogen-bond donors (Lipinski definition) is 2. The van der Waals surface area contributed by atoms with Crippen LogP contribution in [-0.4, -0.2) is 12.5 Å². The summed E-state index contributed by atoms with van der Waals surface area (Å²) in [5.41, 5.74) is 11.3. The monoisotopic (exact) mass is 180 g/mol. The van der Waals surface area contributed by atoms with Gasteiger partial charge in [0.05, 0.1) is 0 Å². The molecule has 0 bridgehead atoms. The second-order valence-corrected chi connectivity index (χ2v) is 2.60. The van der Waals surface area contributed by atoms with Crippen molar-refractivity contribution in [1.29, 1.82) is 0 Å². The summed E-state index contributed by atoms with van der Waals surface area (Å²) in [6.45, 7) is 0.401. The van der Waals surface area contributed by atoms with Crippen LogP contribution in [0.4, 0.5) is 0 Å². The Morgan fingerprint density at radius 2 is 1.92 bits per heavy atom. The van der Waals surface area contributed by atoms with Crippen molar-refractivity contribution < 1.29 is 9.53 Å². The number of rotatable bonds is 4. The molecule has 1 amide bonds. The van der Waals surface area contributed by atoms with Crippen LogP contribution in [0, 0.1) is 0 Å². The number of ether oxygens (including phenoxy) is 1. The Labute approximate surface area is 76.5 Å². The fourth-order valence-corrected chi connectivity index (χ4v) is 0.876. The molecule has 4 N–H and O–H groups in total. The number of amides is 1. The molecule has 0 heterocycles. The summed E-state index contributed by atoms with van der Waals surface area (Å²) < 4.78 is 5.05. The second-order valence-electron chi connectivity index (χ2n) is 2.60. The topological polar surface area (TPSA) is 78.3 Å². The lowest BCUT2D eigenvalue weighted by atomic mass is 10.2. The van der Waals surface area contributed by atoms with Crippen molar-refractivity contribution in [3.8, 4) is 5.75 Å². The van der Waals surface area contributed by atoms with Crippen LogP contribution in [0.5, 0.6) is 5.75 Å². The van der Waals surface area contributed by atoms with Crippen LogP contribution in [0.25, 0.3) is 0 Å². The van der Waals surface area contributed by atoms with Gasteiger partial charge in [0.2, 0.25) is 0 Å². The third-order valence-electron chi connectivity index (χ3n) is 1.54. The molecular formula is C9H12N2O2. The minimum atomic E-state index is -0.483. The number of primary amides is 1. The molecule has 70 valence electrons. The van der Waals surface area contributed by atoms with Crippen LogP contribution >= 0.6 is 0 Å². The van der Waals surface area contributed by atoms with Crippen molar-refractivity contribution in [2.45, 2.75) is 6.54 Å². The van der Waals surface area contributed by atoms with Gasteiger partial charge in [0.1, 0.15) is 5.75 Å². The summed E-state index contributed by atoms with van der Waals surface area (Å²) in [7, 11) is 0. The van der Waals surface area contributed by atoms with Crippen LogP contribution in [0.15, 0.2) is 24.3 Å². The van der Waals surface area contributed by atoms with Gasteiger partial charge >= 0.3 is 0 Å². The van der Waals surface area contributed by atoms with E-state index < -0.39 is 5.91 Å². The van der Waals surface area contributed by atoms with E-state index in [9.17, 15) is 4.79 Å². The second kappa shape index (κ2) is 4.47. The van der Waals surface area contributed by atoms with E-state index in [0.29, 0.717) is 12.3 Å². The minimum absolute atomic E-state index is 0.0953. The van der Waals surface area contributed by atoms with Crippen molar-refractivity contribution in [2.24, 2.45) is 11.5 Å². The number of carbonyl (C=O) groups is 1. The summed E-state index contributed by atoms with van der Waals surface area (Å²) in [5.74, 6) is 0.138. The molecule has 0 unspecified atom stereocenters. The Bertz CT molecular complexity index is 282. The zero-order chi connectivity index (χ0) is 9.68. The van der Waals surface area contributed by atoms with E-state index in [1.807, 2.05) is 12.1 Å². The van der Waals surface area contributed by atoms with Gasteiger partial charge in [-0.05, 0) is 17.7 Å². The van der Waals surface area contributed by atoms with Crippen molar-refractivity contribution in [2.75, 3.05) is 6.61 Å². The van der Waals surface area contributed by atoms with E-state index in [2.05, 4.69) is 0 Å². The van der Waals surface area contributed by atoms with E-state index in [1.165, 1.54) is 0 Å². The van der Waals surface area contributed by atoms with Gasteiger partial charge in [-0.3, -0.25) is 4.79 Å². The minimum Gasteiger partial charge on any atom is -0.484 e. The molecule has 0 fully saturated rings. The van der Waals surface area contributed by atoms with Crippen LogP contribution in [-0.2, 0) is 11.3 Å². The van der Waals surface area contributed by atoms with E-state index in [-0.39, 0.29) is 6.61 Å². The number of benzene rings is 1. The quantitative estimate of drug-likeness (QED) is 0.685. The molecule has 0 aromatic heterocycles. The molecule has 0 aliphatic carbocycles. The van der Waals surface area contributed by atoms with Gasteiger partial charge in [-0.2, -0.15) is 0 Å². The largest absolute Gasteiger partial charge is 0.484 e. The first kappa shape index (κ1) is 9.54. The lowest BCUT2D eigenvalue weighted by Gasteiger charge is -2.03. The first-order chi connectivity index (χ1) is 6.22. The molecule has 1 aromatic carbocycles. The van der Waals surface area contributed by atoms with E-state index in [0.717, 1.165) is 5.56 Å². The molecule has 13 heavy (non-hydrogen) atoms. The maximum absolute atomic E-state index is 10.4. The van der Waals surface area contributed by atoms with Crippen LogP contribution in [0.2, 0.25) is 0 Å². The van der Waals surface area contributed by atoms with Crippen molar-refractivity contribution in [3.05, 3.63) is 29.8 Å². The van der Waals surface area contributed by atoms with Crippen LogP contribution in [0.3, 0.4) is 0 Å². The SMILES string of the molecule is NCc1ccc(OCC(N)=O)cc1. The van der Waals surface area contributed by atoms with Crippen molar-refractivity contribution in [1.82, 2.24) is 0 Å². The first-order valence-corrected chi connectivity index (χ1v) is 3.92. The van der Waals surface area contributed by atoms with Gasteiger partial charge in [-0.1, -0.05) is 12.1 Å². The van der Waals surface area contributed by atoms with Crippen LogP contribution in [0.1, 0.15) is 5.56 Å². The summed E-state index contributed by atoms with van der Waals surface area (Å²) in [4.78, 5) is 10.4. The van der Waals surface area contributed by atoms with E-state index in [4.69, 9.17) is 16.2 Å². The highest BCUT2D eigenvalue weighted by atomic mass is 16.5. The number of hydrogen-bond acceptors (Lipinski definition) is 3. The zero-order valence-corrected chi connectivity index (χ0v) is 7.19. The Morgan fingerprint density at radius 3 is 2.38 bits per heavy atom. The molecule has 4 heteroatoms. The lowest BCUT2D eigenvalue weighted by Crippen LogP contribution is -2.19. The number of nitrogens with two attached hydrogens (primary N) is 2. The molecule has 0 spiro atoms. The summed E-state index contributed by atoms with van der Waals surface area (Å²) in [6.07, 6.45) is 0. The lowest BCUT2D eigenvalue weighted by molar-refractivity contribution is -0.119. The highest BCUT2D eigenvalue weighted by molar-refractivity contribution is 5.75. The molecular weight excluding hydrogens is 168 g/mol. The highest BCUT2D eigenvalue weighted by Crippen LogP contribution is 2.11. The maximum atomic E-state index is 10.4. The van der Waals surface area contributed by atoms with Gasteiger partial charge in [-0.15, -0.1) is 0 Å². The fraction of sp³-hybridized carbons (Fsp3) is 0.222. The third-order valence-corrected chi connectivity index (χ3v) is 1.54. The van der Waals surface area contributed by atoms with Gasteiger partial charge in [0.15, 0.2) is 6.61 Å². The highest BCUT2D eigenvalue weighted by Gasteiger charge is 1.96. The molecule has 1 rings (SSSR count). The van der Waals surface area contributed by atoms with Crippen LogP contribution < -0.4 is 16.2 Å². The average Bonchev–Trinajstić information content (AvgIpc) is 2.15. The molecule has 0 radical (unpaired) electrons. The summed E-state index contributed by atoms with van der Waals surface area (Å²) >= 11 is 0. The standard InChI is InChI=1S/C9H12N2O2/c10-5-7-1-3-8(4-2-7)13-6-9(11)12/h1-4H,5-6,10H2,(H2,11,12). The molecule has 1 aromatic rings. The predicted octanol–water partition coefficient (Wildman–Crippen LogP) is 0.00940. The Kier molecular flexibility index (Phi) is 3.28. The van der Waals surface area contributed by atoms with Gasteiger partial charge in [-0.25, -0.2) is 0 Å². The maximum Gasteiger partial charge on any atom is 0.255 e. The van der Waals surface area contributed by atoms with Gasteiger partial charge < -0.3 is 16.2 Å².